The molecule has 1 atom stereocenters. The maximum absolute atomic E-state index is 14.2. The van der Waals surface area contributed by atoms with Gasteiger partial charge in [0, 0.05) is 5.56 Å². The molecule has 18 heavy (non-hydrogen) atoms. The Bertz CT molecular complexity index is 447. The summed E-state index contributed by atoms with van der Waals surface area (Å²) in [7, 11) is 0. The number of likely N-dealkylation sites (N-methyl/N-ethyl adjacent to an activating group) is 1. The van der Waals surface area contributed by atoms with Crippen molar-refractivity contribution in [3.8, 4) is 0 Å². The Hall–Kier alpha value is -0.870. The van der Waals surface area contributed by atoms with Crippen molar-refractivity contribution >= 4 is 15.9 Å². The summed E-state index contributed by atoms with van der Waals surface area (Å²) in [6.07, 6.45) is 4.08. The number of allylic oxidation sites excluding steroid dienone is 1. The molecule has 0 amide bonds. The van der Waals surface area contributed by atoms with E-state index in [0.29, 0.717) is 16.6 Å². The fourth-order valence-corrected chi connectivity index (χ4v) is 2.47. The third kappa shape index (κ3) is 2.93. The number of benzene rings is 1. The van der Waals surface area contributed by atoms with E-state index < -0.39 is 0 Å². The van der Waals surface area contributed by atoms with Crippen molar-refractivity contribution in [1.82, 2.24) is 5.32 Å². The maximum atomic E-state index is 14.2. The van der Waals surface area contributed by atoms with E-state index in [0.717, 1.165) is 25.1 Å². The highest BCUT2D eigenvalue weighted by molar-refractivity contribution is 9.10. The van der Waals surface area contributed by atoms with Crippen molar-refractivity contribution < 1.29 is 9.13 Å². The molecule has 0 radical (unpaired) electrons. The predicted octanol–water partition coefficient (Wildman–Crippen LogP) is 3.93. The van der Waals surface area contributed by atoms with Gasteiger partial charge < -0.3 is 10.1 Å². The molecular weight excluding hydrogens is 297 g/mol. The molecular formula is C14H17BrFNO. The molecule has 1 heterocycles. The summed E-state index contributed by atoms with van der Waals surface area (Å²) in [4.78, 5) is 0. The monoisotopic (exact) mass is 313 g/mol. The van der Waals surface area contributed by atoms with Crippen LogP contribution in [-0.2, 0) is 4.74 Å². The average Bonchev–Trinajstić information content (AvgIpc) is 2.41. The van der Waals surface area contributed by atoms with Crippen LogP contribution in [0.3, 0.4) is 0 Å². The molecule has 0 fully saturated rings. The molecule has 2 nitrogen and oxygen atoms in total. The SMILES string of the molecule is CCNC(C1=CCCCO1)c1cccc(Br)c1F. The van der Waals surface area contributed by atoms with Gasteiger partial charge in [0.15, 0.2) is 0 Å². The molecule has 0 aliphatic carbocycles. The predicted molar refractivity (Wildman–Crippen MR) is 73.8 cm³/mol. The average molecular weight is 314 g/mol. The molecule has 98 valence electrons. The van der Waals surface area contributed by atoms with Gasteiger partial charge in [-0.25, -0.2) is 4.39 Å². The molecule has 0 saturated heterocycles. The fraction of sp³-hybridized carbons (Fsp3) is 0.429. The van der Waals surface area contributed by atoms with Crippen LogP contribution in [0.4, 0.5) is 4.39 Å². The van der Waals surface area contributed by atoms with Crippen molar-refractivity contribution in [2.75, 3.05) is 13.2 Å². The Morgan fingerprint density at radius 1 is 1.50 bits per heavy atom. The van der Waals surface area contributed by atoms with E-state index >= 15 is 0 Å². The minimum absolute atomic E-state index is 0.201. The molecule has 0 saturated carbocycles. The van der Waals surface area contributed by atoms with E-state index in [1.807, 2.05) is 13.0 Å². The van der Waals surface area contributed by atoms with E-state index in [2.05, 4.69) is 27.3 Å². The van der Waals surface area contributed by atoms with Crippen LogP contribution in [-0.4, -0.2) is 13.2 Å². The second-order valence-corrected chi connectivity index (χ2v) is 5.09. The largest absolute Gasteiger partial charge is 0.496 e. The lowest BCUT2D eigenvalue weighted by Crippen LogP contribution is -2.26. The highest BCUT2D eigenvalue weighted by Gasteiger charge is 2.22. The van der Waals surface area contributed by atoms with Crippen molar-refractivity contribution in [3.05, 3.63) is 45.9 Å². The zero-order valence-electron chi connectivity index (χ0n) is 10.4. The summed E-state index contributed by atoms with van der Waals surface area (Å²) in [5, 5.41) is 3.28. The standard InChI is InChI=1S/C14H17BrFNO/c1-2-17-14(12-8-3-4-9-18-12)10-6-5-7-11(15)13(10)16/h5-8,14,17H,2-4,9H2,1H3. The first-order valence-corrected chi connectivity index (χ1v) is 7.03. The summed E-state index contributed by atoms with van der Waals surface area (Å²) in [6, 6.07) is 5.15. The molecule has 0 spiro atoms. The van der Waals surface area contributed by atoms with E-state index in [1.54, 1.807) is 12.1 Å². The minimum Gasteiger partial charge on any atom is -0.496 e. The highest BCUT2D eigenvalue weighted by Crippen LogP contribution is 2.30. The molecule has 0 bridgehead atoms. The summed E-state index contributed by atoms with van der Waals surface area (Å²) in [5.74, 6) is 0.610. The lowest BCUT2D eigenvalue weighted by molar-refractivity contribution is 0.167. The second-order valence-electron chi connectivity index (χ2n) is 4.23. The third-order valence-electron chi connectivity index (χ3n) is 2.95. The summed E-state index contributed by atoms with van der Waals surface area (Å²) in [6.45, 7) is 3.48. The number of rotatable bonds is 4. The smallest absolute Gasteiger partial charge is 0.142 e. The van der Waals surface area contributed by atoms with Gasteiger partial charge in [-0.3, -0.25) is 0 Å². The van der Waals surface area contributed by atoms with Crippen molar-refractivity contribution in [2.24, 2.45) is 0 Å². The normalized spacial score (nSPS) is 16.9. The van der Waals surface area contributed by atoms with Crippen molar-refractivity contribution in [3.63, 3.8) is 0 Å². The van der Waals surface area contributed by atoms with Gasteiger partial charge in [0.2, 0.25) is 0 Å². The first-order valence-electron chi connectivity index (χ1n) is 6.24. The van der Waals surface area contributed by atoms with Crippen LogP contribution in [0.25, 0.3) is 0 Å². The van der Waals surface area contributed by atoms with Gasteiger partial charge in [-0.15, -0.1) is 0 Å². The molecule has 1 aliphatic rings. The zero-order chi connectivity index (χ0) is 13.0. The lowest BCUT2D eigenvalue weighted by atomic mass is 10.0. The minimum atomic E-state index is -0.224. The van der Waals surface area contributed by atoms with Gasteiger partial charge >= 0.3 is 0 Å². The van der Waals surface area contributed by atoms with E-state index in [1.165, 1.54) is 0 Å². The summed E-state index contributed by atoms with van der Waals surface area (Å²) < 4.78 is 20.3. The number of nitrogens with one attached hydrogen (secondary N) is 1. The Morgan fingerprint density at radius 3 is 3.00 bits per heavy atom. The van der Waals surface area contributed by atoms with Crippen molar-refractivity contribution in [2.45, 2.75) is 25.8 Å². The quantitative estimate of drug-likeness (QED) is 0.909. The van der Waals surface area contributed by atoms with Crippen LogP contribution in [0.15, 0.2) is 34.5 Å². The Labute approximate surface area is 115 Å². The fourth-order valence-electron chi connectivity index (χ4n) is 2.09. The lowest BCUT2D eigenvalue weighted by Gasteiger charge is -2.25. The van der Waals surface area contributed by atoms with Crippen LogP contribution in [0, 0.1) is 5.82 Å². The van der Waals surface area contributed by atoms with E-state index in [9.17, 15) is 4.39 Å². The highest BCUT2D eigenvalue weighted by atomic mass is 79.9. The van der Waals surface area contributed by atoms with E-state index in [4.69, 9.17) is 4.74 Å². The van der Waals surface area contributed by atoms with Crippen LogP contribution >= 0.6 is 15.9 Å². The molecule has 1 unspecified atom stereocenters. The Morgan fingerprint density at radius 2 is 2.33 bits per heavy atom. The molecule has 1 aromatic carbocycles. The maximum Gasteiger partial charge on any atom is 0.142 e. The molecule has 1 aliphatic heterocycles. The topological polar surface area (TPSA) is 21.3 Å². The number of hydrogen-bond donors (Lipinski definition) is 1. The number of halogens is 2. The molecule has 0 aromatic heterocycles. The van der Waals surface area contributed by atoms with E-state index in [-0.39, 0.29) is 11.9 Å². The van der Waals surface area contributed by atoms with Crippen LogP contribution < -0.4 is 5.32 Å². The Balaban J connectivity index is 2.34. The zero-order valence-corrected chi connectivity index (χ0v) is 12.0. The number of ether oxygens (including phenoxy) is 1. The third-order valence-corrected chi connectivity index (χ3v) is 3.56. The molecule has 2 rings (SSSR count). The number of hydrogen-bond acceptors (Lipinski definition) is 2. The molecule has 4 heteroatoms. The van der Waals surface area contributed by atoms with Crippen molar-refractivity contribution in [1.29, 1.82) is 0 Å². The Kier molecular flexibility index (Phi) is 4.78. The first-order chi connectivity index (χ1) is 8.74. The van der Waals surface area contributed by atoms with Crippen LogP contribution in [0.2, 0.25) is 0 Å². The van der Waals surface area contributed by atoms with Gasteiger partial charge in [0.25, 0.3) is 0 Å². The van der Waals surface area contributed by atoms with Gasteiger partial charge in [-0.05, 0) is 47.5 Å². The summed E-state index contributed by atoms with van der Waals surface area (Å²) >= 11 is 3.23. The second kappa shape index (κ2) is 6.34. The van der Waals surface area contributed by atoms with Crippen LogP contribution in [0.1, 0.15) is 31.4 Å². The molecule has 1 N–H and O–H groups in total. The van der Waals surface area contributed by atoms with Gasteiger partial charge in [-0.2, -0.15) is 0 Å². The van der Waals surface area contributed by atoms with Gasteiger partial charge in [-0.1, -0.05) is 19.1 Å². The molecule has 1 aromatic rings. The van der Waals surface area contributed by atoms with Crippen LogP contribution in [0.5, 0.6) is 0 Å². The summed E-state index contributed by atoms with van der Waals surface area (Å²) in [5.41, 5.74) is 0.624. The van der Waals surface area contributed by atoms with Gasteiger partial charge in [0.1, 0.15) is 11.6 Å². The van der Waals surface area contributed by atoms with Gasteiger partial charge in [0.05, 0.1) is 17.1 Å². The first kappa shape index (κ1) is 13.6.